The van der Waals surface area contributed by atoms with Gasteiger partial charge in [-0.2, -0.15) is 0 Å². The maximum Gasteiger partial charge on any atom is 0.308 e. The van der Waals surface area contributed by atoms with Crippen molar-refractivity contribution in [3.05, 3.63) is 29.8 Å². The number of ether oxygens (including phenoxy) is 1. The summed E-state index contributed by atoms with van der Waals surface area (Å²) in [6, 6.07) is 6.97. The summed E-state index contributed by atoms with van der Waals surface area (Å²) in [6.07, 6.45) is 1.93. The molecule has 1 aromatic carbocycles. The van der Waals surface area contributed by atoms with E-state index in [2.05, 4.69) is 12.2 Å². The highest BCUT2D eigenvalue weighted by molar-refractivity contribution is 7.99. The largest absolute Gasteiger partial charge is 0.465 e. The van der Waals surface area contributed by atoms with E-state index < -0.39 is 9.84 Å². The molecule has 0 bridgehead atoms. The highest BCUT2D eigenvalue weighted by atomic mass is 32.2. The Labute approximate surface area is 168 Å². The minimum absolute atomic E-state index is 0.0724. The van der Waals surface area contributed by atoms with E-state index in [1.54, 1.807) is 23.9 Å². The first kappa shape index (κ1) is 24.0. The first-order chi connectivity index (χ1) is 12.7. The van der Waals surface area contributed by atoms with Crippen molar-refractivity contribution in [2.45, 2.75) is 45.4 Å². The van der Waals surface area contributed by atoms with E-state index >= 15 is 0 Å². The molecule has 0 heterocycles. The van der Waals surface area contributed by atoms with Crippen molar-refractivity contribution in [1.82, 2.24) is 5.32 Å². The van der Waals surface area contributed by atoms with Crippen LogP contribution >= 0.6 is 11.8 Å². The van der Waals surface area contributed by atoms with Crippen LogP contribution in [-0.2, 0) is 19.4 Å². The Balaban J connectivity index is 2.08. The van der Waals surface area contributed by atoms with E-state index in [1.165, 1.54) is 0 Å². The van der Waals surface area contributed by atoms with Crippen LogP contribution in [0, 0.1) is 18.8 Å². The predicted octanol–water partition coefficient (Wildman–Crippen LogP) is 3.66. The van der Waals surface area contributed by atoms with Gasteiger partial charge < -0.3 is 10.1 Å². The number of thioether (sulfide) groups is 1. The van der Waals surface area contributed by atoms with Crippen molar-refractivity contribution >= 4 is 27.6 Å². The first-order valence-electron chi connectivity index (χ1n) is 9.47. The van der Waals surface area contributed by atoms with Crippen LogP contribution in [0.2, 0.25) is 0 Å². The summed E-state index contributed by atoms with van der Waals surface area (Å²) in [5, 5.41) is 3.18. The molecule has 0 spiro atoms. The molecule has 0 amide bonds. The van der Waals surface area contributed by atoms with Crippen LogP contribution in [0.1, 0.15) is 39.2 Å². The van der Waals surface area contributed by atoms with Crippen LogP contribution in [0.5, 0.6) is 0 Å². The van der Waals surface area contributed by atoms with Crippen LogP contribution in [0.15, 0.2) is 29.2 Å². The molecule has 1 atom stereocenters. The second-order valence-electron chi connectivity index (χ2n) is 7.19. The topological polar surface area (TPSA) is 72.5 Å². The second-order valence-corrected chi connectivity index (χ2v) is 10.4. The van der Waals surface area contributed by atoms with E-state index in [4.69, 9.17) is 4.74 Å². The van der Waals surface area contributed by atoms with Crippen LogP contribution < -0.4 is 5.32 Å². The number of benzene rings is 1. The Morgan fingerprint density at radius 2 is 1.81 bits per heavy atom. The third-order valence-electron chi connectivity index (χ3n) is 4.21. The van der Waals surface area contributed by atoms with Crippen LogP contribution in [0.25, 0.3) is 0 Å². The highest BCUT2D eigenvalue weighted by Gasteiger charge is 2.13. The lowest BCUT2D eigenvalue weighted by Gasteiger charge is -2.12. The molecule has 0 aromatic heterocycles. The van der Waals surface area contributed by atoms with Gasteiger partial charge in [-0.25, -0.2) is 8.42 Å². The molecule has 0 aliphatic carbocycles. The van der Waals surface area contributed by atoms with Gasteiger partial charge in [0.25, 0.3) is 0 Å². The van der Waals surface area contributed by atoms with E-state index in [-0.39, 0.29) is 17.6 Å². The summed E-state index contributed by atoms with van der Waals surface area (Å²) < 4.78 is 29.7. The van der Waals surface area contributed by atoms with E-state index in [1.807, 2.05) is 32.9 Å². The Hall–Kier alpha value is -1.05. The molecule has 0 saturated heterocycles. The van der Waals surface area contributed by atoms with Gasteiger partial charge in [-0.3, -0.25) is 4.79 Å². The summed E-state index contributed by atoms with van der Waals surface area (Å²) in [6.45, 7) is 8.70. The second kappa shape index (κ2) is 12.4. The lowest BCUT2D eigenvalue weighted by molar-refractivity contribution is -0.147. The van der Waals surface area contributed by atoms with E-state index in [0.717, 1.165) is 30.0 Å². The van der Waals surface area contributed by atoms with Gasteiger partial charge in [0.15, 0.2) is 9.84 Å². The third kappa shape index (κ3) is 10.2. The Kier molecular flexibility index (Phi) is 11.0. The van der Waals surface area contributed by atoms with E-state index in [9.17, 15) is 13.2 Å². The lowest BCUT2D eigenvalue weighted by Crippen LogP contribution is -2.23. The maximum absolute atomic E-state index is 12.2. The molecule has 0 radical (unpaired) electrons. The highest BCUT2D eigenvalue weighted by Crippen LogP contribution is 2.13. The van der Waals surface area contributed by atoms with Gasteiger partial charge in [0.05, 0.1) is 23.2 Å². The summed E-state index contributed by atoms with van der Waals surface area (Å²) in [5.74, 6) is 2.13. The van der Waals surface area contributed by atoms with Crippen molar-refractivity contribution < 1.29 is 17.9 Å². The number of carbonyl (C=O) groups excluding carboxylic acids is 1. The standard InChI is InChI=1S/C20H33NO4S2/c1-16(2)20(22)25-12-9-18(4)10-13-26-15-21-11-14-27(23,24)19-7-5-17(3)6-8-19/h5-8,16,18,21H,9-15H2,1-4H3. The van der Waals surface area contributed by atoms with Gasteiger partial charge in [-0.1, -0.05) is 38.5 Å². The molecule has 0 aliphatic heterocycles. The molecule has 7 heteroatoms. The summed E-state index contributed by atoms with van der Waals surface area (Å²) in [5.41, 5.74) is 1.05. The van der Waals surface area contributed by atoms with Crippen molar-refractivity contribution in [1.29, 1.82) is 0 Å². The predicted molar refractivity (Wildman–Crippen MR) is 113 cm³/mol. The number of rotatable bonds is 13. The zero-order valence-electron chi connectivity index (χ0n) is 16.9. The molecule has 1 N–H and O–H groups in total. The van der Waals surface area contributed by atoms with Gasteiger partial charge in [-0.15, -0.1) is 11.8 Å². The quantitative estimate of drug-likeness (QED) is 0.301. The lowest BCUT2D eigenvalue weighted by atomic mass is 10.1. The number of hydrogen-bond acceptors (Lipinski definition) is 6. The fraction of sp³-hybridized carbons (Fsp3) is 0.650. The average Bonchev–Trinajstić information content (AvgIpc) is 2.61. The van der Waals surface area contributed by atoms with Gasteiger partial charge in [-0.05, 0) is 43.6 Å². The zero-order valence-corrected chi connectivity index (χ0v) is 18.5. The number of nitrogens with one attached hydrogen (secondary N) is 1. The molecule has 1 aromatic rings. The summed E-state index contributed by atoms with van der Waals surface area (Å²) in [4.78, 5) is 11.8. The molecule has 1 unspecified atom stereocenters. The van der Waals surface area contributed by atoms with Crippen molar-refractivity contribution in [2.24, 2.45) is 11.8 Å². The molecule has 154 valence electrons. The average molecular weight is 416 g/mol. The van der Waals surface area contributed by atoms with Crippen molar-refractivity contribution in [3.63, 3.8) is 0 Å². The van der Waals surface area contributed by atoms with Gasteiger partial charge in [0.2, 0.25) is 0 Å². The third-order valence-corrected chi connectivity index (χ3v) is 6.88. The van der Waals surface area contributed by atoms with Gasteiger partial charge in [0.1, 0.15) is 0 Å². The summed E-state index contributed by atoms with van der Waals surface area (Å²) >= 11 is 1.76. The number of hydrogen-bond donors (Lipinski definition) is 1. The Morgan fingerprint density at radius 3 is 2.44 bits per heavy atom. The Bertz CT molecular complexity index is 657. The first-order valence-corrected chi connectivity index (χ1v) is 12.3. The fourth-order valence-corrected chi connectivity index (χ4v) is 4.44. The minimum atomic E-state index is -3.22. The molecule has 5 nitrogen and oxygen atoms in total. The number of esters is 1. The van der Waals surface area contributed by atoms with Crippen LogP contribution in [0.3, 0.4) is 0 Å². The fourth-order valence-electron chi connectivity index (χ4n) is 2.24. The van der Waals surface area contributed by atoms with Crippen LogP contribution in [-0.4, -0.2) is 44.9 Å². The number of aryl methyl sites for hydroxylation is 1. The van der Waals surface area contributed by atoms with Crippen molar-refractivity contribution in [2.75, 3.05) is 30.5 Å². The molecule has 1 rings (SSSR count). The molecule has 0 fully saturated rings. The summed E-state index contributed by atoms with van der Waals surface area (Å²) in [7, 11) is -3.22. The Morgan fingerprint density at radius 1 is 1.15 bits per heavy atom. The van der Waals surface area contributed by atoms with Gasteiger partial charge in [0, 0.05) is 12.4 Å². The molecular formula is C20H33NO4S2. The van der Waals surface area contributed by atoms with Crippen LogP contribution in [0.4, 0.5) is 0 Å². The molecule has 0 saturated carbocycles. The molecule has 27 heavy (non-hydrogen) atoms. The number of sulfone groups is 1. The number of carbonyl (C=O) groups is 1. The monoisotopic (exact) mass is 415 g/mol. The SMILES string of the molecule is Cc1ccc(S(=O)(=O)CCNCSCCC(C)CCOC(=O)C(C)C)cc1. The smallest absolute Gasteiger partial charge is 0.308 e. The van der Waals surface area contributed by atoms with E-state index in [0.29, 0.717) is 24.0 Å². The molecular weight excluding hydrogens is 382 g/mol. The zero-order chi connectivity index (χ0) is 20.3. The maximum atomic E-state index is 12.2. The van der Waals surface area contributed by atoms with Crippen molar-refractivity contribution in [3.8, 4) is 0 Å². The molecule has 0 aliphatic rings. The normalized spacial score (nSPS) is 12.9. The minimum Gasteiger partial charge on any atom is -0.465 e. The van der Waals surface area contributed by atoms with Gasteiger partial charge >= 0.3 is 5.97 Å².